The standard InChI is InChI=1S/C26H29N3O2/c1-2-16-29-24(30)20-13-7-8-14-21(20)26(29,25(31)27-19-11-4-3-5-12-19)23-17-18-10-6-9-15-22(18)28-23/h6-10,13-15,17,19,28H,2-5,11-12,16H2,1H3,(H,27,31). The van der Waals surface area contributed by atoms with Gasteiger partial charge in [-0.2, -0.15) is 0 Å². The van der Waals surface area contributed by atoms with Crippen LogP contribution in [0.15, 0.2) is 54.6 Å². The van der Waals surface area contributed by atoms with Gasteiger partial charge in [0.05, 0.1) is 5.69 Å². The van der Waals surface area contributed by atoms with E-state index in [0.717, 1.165) is 54.3 Å². The third-order valence-electron chi connectivity index (χ3n) is 6.83. The monoisotopic (exact) mass is 415 g/mol. The molecule has 2 N–H and O–H groups in total. The molecule has 1 aromatic heterocycles. The Bertz CT molecular complexity index is 1100. The molecule has 0 radical (unpaired) electrons. The minimum Gasteiger partial charge on any atom is -0.356 e. The Balaban J connectivity index is 1.71. The summed E-state index contributed by atoms with van der Waals surface area (Å²) in [4.78, 5) is 33.0. The van der Waals surface area contributed by atoms with Crippen LogP contribution in [0.3, 0.4) is 0 Å². The number of benzene rings is 2. The molecule has 2 aromatic carbocycles. The molecule has 5 rings (SSSR count). The summed E-state index contributed by atoms with van der Waals surface area (Å²) in [6, 6.07) is 17.8. The van der Waals surface area contributed by atoms with Crippen LogP contribution in [0.4, 0.5) is 0 Å². The number of carbonyl (C=O) groups is 2. The van der Waals surface area contributed by atoms with Crippen LogP contribution in [0.1, 0.15) is 67.1 Å². The molecule has 1 atom stereocenters. The van der Waals surface area contributed by atoms with E-state index in [1.165, 1.54) is 6.42 Å². The second-order valence-electron chi connectivity index (χ2n) is 8.79. The molecule has 5 nitrogen and oxygen atoms in total. The lowest BCUT2D eigenvalue weighted by atomic mass is 9.84. The van der Waals surface area contributed by atoms with E-state index in [-0.39, 0.29) is 17.9 Å². The van der Waals surface area contributed by atoms with Gasteiger partial charge in [0.2, 0.25) is 0 Å². The maximum absolute atomic E-state index is 14.2. The molecule has 1 unspecified atom stereocenters. The first kappa shape index (κ1) is 19.9. The first-order valence-corrected chi connectivity index (χ1v) is 11.5. The van der Waals surface area contributed by atoms with Gasteiger partial charge in [0.1, 0.15) is 0 Å². The third-order valence-corrected chi connectivity index (χ3v) is 6.83. The molecule has 1 aliphatic carbocycles. The van der Waals surface area contributed by atoms with Crippen LogP contribution >= 0.6 is 0 Å². The summed E-state index contributed by atoms with van der Waals surface area (Å²) in [6.45, 7) is 2.56. The Labute approximate surface area is 182 Å². The van der Waals surface area contributed by atoms with Gasteiger partial charge in [0.15, 0.2) is 5.54 Å². The van der Waals surface area contributed by atoms with Crippen molar-refractivity contribution in [1.29, 1.82) is 0 Å². The summed E-state index contributed by atoms with van der Waals surface area (Å²) in [5, 5.41) is 4.38. The van der Waals surface area contributed by atoms with Crippen molar-refractivity contribution in [1.82, 2.24) is 15.2 Å². The molecule has 1 saturated carbocycles. The van der Waals surface area contributed by atoms with Gasteiger partial charge in [0.25, 0.3) is 11.8 Å². The number of nitrogens with zero attached hydrogens (tertiary/aromatic N) is 1. The topological polar surface area (TPSA) is 65.2 Å². The first-order valence-electron chi connectivity index (χ1n) is 11.5. The molecule has 2 heterocycles. The molecule has 160 valence electrons. The lowest BCUT2D eigenvalue weighted by Crippen LogP contribution is -2.57. The zero-order valence-electron chi connectivity index (χ0n) is 18.0. The Morgan fingerprint density at radius 3 is 2.61 bits per heavy atom. The van der Waals surface area contributed by atoms with Gasteiger partial charge in [-0.25, -0.2) is 0 Å². The van der Waals surface area contributed by atoms with Crippen molar-refractivity contribution >= 4 is 22.7 Å². The highest BCUT2D eigenvalue weighted by atomic mass is 16.2. The van der Waals surface area contributed by atoms with Crippen molar-refractivity contribution in [2.45, 2.75) is 57.0 Å². The van der Waals surface area contributed by atoms with Gasteiger partial charge in [0, 0.05) is 29.2 Å². The van der Waals surface area contributed by atoms with E-state index in [0.29, 0.717) is 12.1 Å². The van der Waals surface area contributed by atoms with Crippen molar-refractivity contribution < 1.29 is 9.59 Å². The zero-order chi connectivity index (χ0) is 21.4. The smallest absolute Gasteiger partial charge is 0.257 e. The van der Waals surface area contributed by atoms with Crippen molar-refractivity contribution in [3.8, 4) is 0 Å². The van der Waals surface area contributed by atoms with E-state index in [9.17, 15) is 9.59 Å². The maximum atomic E-state index is 14.2. The number of rotatable bonds is 5. The number of para-hydroxylation sites is 1. The molecule has 5 heteroatoms. The molecule has 0 spiro atoms. The van der Waals surface area contributed by atoms with Gasteiger partial charge < -0.3 is 15.2 Å². The third kappa shape index (κ3) is 3.06. The zero-order valence-corrected chi connectivity index (χ0v) is 18.0. The van der Waals surface area contributed by atoms with Crippen LogP contribution < -0.4 is 5.32 Å². The predicted octanol–water partition coefficient (Wildman–Crippen LogP) is 4.73. The largest absolute Gasteiger partial charge is 0.356 e. The van der Waals surface area contributed by atoms with Crippen LogP contribution in [0, 0.1) is 0 Å². The Hall–Kier alpha value is -3.08. The van der Waals surface area contributed by atoms with E-state index in [1.807, 2.05) is 61.5 Å². The van der Waals surface area contributed by atoms with Crippen LogP contribution in [0.25, 0.3) is 10.9 Å². The van der Waals surface area contributed by atoms with Crippen molar-refractivity contribution in [3.05, 3.63) is 71.4 Å². The molecular formula is C26H29N3O2. The lowest BCUT2D eigenvalue weighted by Gasteiger charge is -2.38. The summed E-state index contributed by atoms with van der Waals surface area (Å²) in [5.74, 6) is -0.174. The molecular weight excluding hydrogens is 386 g/mol. The normalized spacial score (nSPS) is 21.5. The highest BCUT2D eigenvalue weighted by Gasteiger charge is 2.57. The van der Waals surface area contributed by atoms with E-state index < -0.39 is 5.54 Å². The SMILES string of the molecule is CCCN1C(=O)c2ccccc2C1(C(=O)NC1CCCCC1)c1cc2ccccc2[nH]1. The minimum atomic E-state index is -1.18. The number of fused-ring (bicyclic) bond motifs is 2. The number of hydrogen-bond donors (Lipinski definition) is 2. The molecule has 1 fully saturated rings. The fraction of sp³-hybridized carbons (Fsp3) is 0.385. The summed E-state index contributed by atoms with van der Waals surface area (Å²) in [5.41, 5.74) is 1.94. The van der Waals surface area contributed by atoms with Gasteiger partial charge in [-0.15, -0.1) is 0 Å². The number of carbonyl (C=O) groups excluding carboxylic acids is 2. The lowest BCUT2D eigenvalue weighted by molar-refractivity contribution is -0.131. The fourth-order valence-corrected chi connectivity index (χ4v) is 5.38. The summed E-state index contributed by atoms with van der Waals surface area (Å²) in [6.07, 6.45) is 6.27. The Kier molecular flexibility index (Phi) is 5.05. The molecule has 0 saturated heterocycles. The predicted molar refractivity (Wildman–Crippen MR) is 122 cm³/mol. The van der Waals surface area contributed by atoms with Crippen LogP contribution in [-0.2, 0) is 10.3 Å². The first-order chi connectivity index (χ1) is 15.2. The quantitative estimate of drug-likeness (QED) is 0.633. The molecule has 31 heavy (non-hydrogen) atoms. The summed E-state index contributed by atoms with van der Waals surface area (Å²) >= 11 is 0. The van der Waals surface area contributed by atoms with Gasteiger partial charge >= 0.3 is 0 Å². The second kappa shape index (κ2) is 7.88. The van der Waals surface area contributed by atoms with Gasteiger partial charge in [-0.1, -0.05) is 62.6 Å². The number of amides is 2. The number of H-pyrrole nitrogens is 1. The van der Waals surface area contributed by atoms with E-state index in [2.05, 4.69) is 10.3 Å². The second-order valence-corrected chi connectivity index (χ2v) is 8.79. The maximum Gasteiger partial charge on any atom is 0.257 e. The molecule has 1 aliphatic heterocycles. The number of aromatic nitrogens is 1. The number of nitrogens with one attached hydrogen (secondary N) is 2. The average molecular weight is 416 g/mol. The molecule has 3 aromatic rings. The average Bonchev–Trinajstić information content (AvgIpc) is 3.33. The van der Waals surface area contributed by atoms with Crippen molar-refractivity contribution in [3.63, 3.8) is 0 Å². The van der Waals surface area contributed by atoms with Crippen LogP contribution in [-0.4, -0.2) is 34.3 Å². The van der Waals surface area contributed by atoms with Gasteiger partial charge in [-0.3, -0.25) is 9.59 Å². The van der Waals surface area contributed by atoms with E-state index >= 15 is 0 Å². The molecule has 0 bridgehead atoms. The van der Waals surface area contributed by atoms with Crippen LogP contribution in [0.5, 0.6) is 0 Å². The highest BCUT2D eigenvalue weighted by Crippen LogP contribution is 2.45. The van der Waals surface area contributed by atoms with E-state index in [1.54, 1.807) is 4.90 Å². The highest BCUT2D eigenvalue weighted by molar-refractivity contribution is 6.09. The van der Waals surface area contributed by atoms with Crippen molar-refractivity contribution in [2.75, 3.05) is 6.54 Å². The summed E-state index contributed by atoms with van der Waals surface area (Å²) in [7, 11) is 0. The minimum absolute atomic E-state index is 0.0742. The molecule has 2 aliphatic rings. The van der Waals surface area contributed by atoms with E-state index in [4.69, 9.17) is 0 Å². The van der Waals surface area contributed by atoms with Crippen LogP contribution in [0.2, 0.25) is 0 Å². The van der Waals surface area contributed by atoms with Gasteiger partial charge in [-0.05, 0) is 42.8 Å². The summed E-state index contributed by atoms with van der Waals surface area (Å²) < 4.78 is 0. The Morgan fingerprint density at radius 2 is 1.84 bits per heavy atom. The fourth-order valence-electron chi connectivity index (χ4n) is 5.38. The van der Waals surface area contributed by atoms with Crippen molar-refractivity contribution in [2.24, 2.45) is 0 Å². The number of hydrogen-bond acceptors (Lipinski definition) is 2. The Morgan fingerprint density at radius 1 is 1.10 bits per heavy atom. The molecule has 2 amide bonds. The number of aromatic amines is 1.